The molecule has 13 rings (SSSR count). The highest BCUT2D eigenvalue weighted by Crippen LogP contribution is 2.66. The van der Waals surface area contributed by atoms with Crippen molar-refractivity contribution in [3.63, 3.8) is 0 Å². The number of benzene rings is 10. The van der Waals surface area contributed by atoms with Crippen LogP contribution in [-0.2, 0) is 5.41 Å². The first-order valence-corrected chi connectivity index (χ1v) is 20.6. The van der Waals surface area contributed by atoms with E-state index in [-0.39, 0.29) is 0 Å². The van der Waals surface area contributed by atoms with Crippen LogP contribution in [0.4, 0.5) is 17.1 Å². The lowest BCUT2D eigenvalue weighted by Gasteiger charge is -2.31. The van der Waals surface area contributed by atoms with Gasteiger partial charge in [-0.1, -0.05) is 176 Å². The van der Waals surface area contributed by atoms with Crippen molar-refractivity contribution in [2.45, 2.75) is 5.41 Å². The summed E-state index contributed by atoms with van der Waals surface area (Å²) in [6.07, 6.45) is 0. The highest BCUT2D eigenvalue weighted by molar-refractivity contribution is 6.09. The van der Waals surface area contributed by atoms with E-state index in [1.165, 1.54) is 60.8 Å². The van der Waals surface area contributed by atoms with Crippen LogP contribution in [0.3, 0.4) is 0 Å². The minimum atomic E-state index is -0.474. The molecule has 1 heterocycles. The third kappa shape index (κ3) is 4.49. The average Bonchev–Trinajstić information content (AvgIpc) is 3.79. The Bertz CT molecular complexity index is 3350. The summed E-state index contributed by atoms with van der Waals surface area (Å²) < 4.78 is 14.0. The Kier molecular flexibility index (Phi) is 6.93. The van der Waals surface area contributed by atoms with Crippen molar-refractivity contribution in [2.75, 3.05) is 4.90 Å². The highest BCUT2D eigenvalue weighted by atomic mass is 16.6. The van der Waals surface area contributed by atoms with Gasteiger partial charge in [0.15, 0.2) is 23.0 Å². The van der Waals surface area contributed by atoms with Crippen molar-refractivity contribution in [3.05, 3.63) is 235 Å². The zero-order valence-electron chi connectivity index (χ0n) is 32.5. The van der Waals surface area contributed by atoms with Crippen LogP contribution in [0.25, 0.3) is 54.9 Å². The minimum Gasteiger partial charge on any atom is -0.449 e. The zero-order chi connectivity index (χ0) is 39.4. The van der Waals surface area contributed by atoms with E-state index in [4.69, 9.17) is 9.47 Å². The molecule has 60 heavy (non-hydrogen) atoms. The molecule has 3 heteroatoms. The van der Waals surface area contributed by atoms with Crippen molar-refractivity contribution in [1.82, 2.24) is 0 Å². The Morgan fingerprint density at radius 3 is 1.73 bits per heavy atom. The molecule has 0 radical (unpaired) electrons. The Balaban J connectivity index is 1.01. The van der Waals surface area contributed by atoms with Gasteiger partial charge >= 0.3 is 0 Å². The summed E-state index contributed by atoms with van der Waals surface area (Å²) in [5.41, 5.74) is 14.9. The van der Waals surface area contributed by atoms with Crippen LogP contribution in [0.2, 0.25) is 0 Å². The molecule has 3 nitrogen and oxygen atoms in total. The molecule has 0 aromatic heterocycles. The van der Waals surface area contributed by atoms with Crippen LogP contribution in [0.5, 0.6) is 23.0 Å². The van der Waals surface area contributed by atoms with Crippen LogP contribution in [0.1, 0.15) is 22.3 Å². The molecular formula is C57H35NO2. The molecule has 2 aliphatic carbocycles. The van der Waals surface area contributed by atoms with E-state index in [0.717, 1.165) is 39.1 Å². The summed E-state index contributed by atoms with van der Waals surface area (Å²) in [6.45, 7) is 0. The van der Waals surface area contributed by atoms with E-state index < -0.39 is 5.41 Å². The molecule has 0 N–H and O–H groups in total. The fraction of sp³-hybridized carbons (Fsp3) is 0.0175. The van der Waals surface area contributed by atoms with Gasteiger partial charge in [-0.15, -0.1) is 0 Å². The quantitative estimate of drug-likeness (QED) is 0.178. The van der Waals surface area contributed by atoms with Gasteiger partial charge in [0.05, 0.1) is 22.5 Å². The Morgan fingerprint density at radius 2 is 0.950 bits per heavy atom. The summed E-state index contributed by atoms with van der Waals surface area (Å²) in [7, 11) is 0. The molecule has 0 bridgehead atoms. The van der Waals surface area contributed by atoms with Gasteiger partial charge in [0.1, 0.15) is 0 Å². The Hall–Kier alpha value is -7.88. The van der Waals surface area contributed by atoms with Crippen LogP contribution < -0.4 is 14.4 Å². The second kappa shape index (κ2) is 12.6. The van der Waals surface area contributed by atoms with Crippen molar-refractivity contribution in [1.29, 1.82) is 0 Å². The molecule has 0 saturated carbocycles. The lowest BCUT2D eigenvalue weighted by Crippen LogP contribution is -2.25. The summed E-state index contributed by atoms with van der Waals surface area (Å²) in [6, 6.07) is 76.4. The van der Waals surface area contributed by atoms with Crippen LogP contribution in [0.15, 0.2) is 212 Å². The molecule has 1 aliphatic heterocycles. The summed E-state index contributed by atoms with van der Waals surface area (Å²) in [5, 5.41) is 4.68. The SMILES string of the molecule is c1ccc(-c2ccc(N(c3ccc4c(c3)Oc3c(ccc5c3-c3ccccc3C53c5ccccc5-c5ccccc53)O4)c3cccc4ccccc34)c3ccccc23)cc1. The lowest BCUT2D eigenvalue weighted by atomic mass is 9.70. The van der Waals surface area contributed by atoms with Gasteiger partial charge < -0.3 is 14.4 Å². The number of nitrogens with zero attached hydrogens (tertiary/aromatic N) is 1. The van der Waals surface area contributed by atoms with E-state index in [1.807, 2.05) is 0 Å². The first-order chi connectivity index (χ1) is 29.8. The smallest absolute Gasteiger partial charge is 0.178 e. The molecule has 0 saturated heterocycles. The van der Waals surface area contributed by atoms with Crippen LogP contribution in [0, 0.1) is 0 Å². The van der Waals surface area contributed by atoms with Crippen molar-refractivity contribution in [3.8, 4) is 56.4 Å². The van der Waals surface area contributed by atoms with Crippen molar-refractivity contribution >= 4 is 38.6 Å². The zero-order valence-corrected chi connectivity index (χ0v) is 32.5. The second-order valence-corrected chi connectivity index (χ2v) is 15.9. The first kappa shape index (κ1) is 33.1. The van der Waals surface area contributed by atoms with E-state index >= 15 is 0 Å². The molecule has 3 aliphatic rings. The van der Waals surface area contributed by atoms with Gasteiger partial charge in [0.2, 0.25) is 0 Å². The van der Waals surface area contributed by atoms with Crippen molar-refractivity contribution in [2.24, 2.45) is 0 Å². The standard InChI is InChI=1S/C57H35NO2/c1-2-15-36(16-3-1)39-30-32-51(44-23-7-6-20-41(39)44)58(50-28-14-18-37-17-4-5-19-40(37)50)38-29-33-52-54(35-38)60-56-53(59-52)34-31-49-55(56)45-24-10-13-27-48(45)57(49)46-25-11-8-21-42(46)43-22-9-12-26-47(43)57/h1-35H. The monoisotopic (exact) mass is 765 g/mol. The molecule has 280 valence electrons. The summed E-state index contributed by atoms with van der Waals surface area (Å²) >= 11 is 0. The minimum absolute atomic E-state index is 0.474. The van der Waals surface area contributed by atoms with Gasteiger partial charge in [-0.2, -0.15) is 0 Å². The topological polar surface area (TPSA) is 21.7 Å². The van der Waals surface area contributed by atoms with Crippen LogP contribution >= 0.6 is 0 Å². The van der Waals surface area contributed by atoms with Crippen LogP contribution in [-0.4, -0.2) is 0 Å². The normalized spacial score (nSPS) is 13.4. The van der Waals surface area contributed by atoms with Gasteiger partial charge in [-0.05, 0) is 91.2 Å². The number of rotatable bonds is 4. The third-order valence-corrected chi connectivity index (χ3v) is 12.9. The molecular weight excluding hydrogens is 731 g/mol. The highest BCUT2D eigenvalue weighted by Gasteiger charge is 2.53. The lowest BCUT2D eigenvalue weighted by molar-refractivity contribution is 0.360. The largest absolute Gasteiger partial charge is 0.449 e. The maximum atomic E-state index is 7.22. The summed E-state index contributed by atoms with van der Waals surface area (Å²) in [4.78, 5) is 2.38. The number of fused-ring (bicyclic) bond motifs is 15. The first-order valence-electron chi connectivity index (χ1n) is 20.6. The molecule has 0 atom stereocenters. The molecule has 10 aromatic rings. The molecule has 1 spiro atoms. The molecule has 0 fully saturated rings. The fourth-order valence-corrected chi connectivity index (χ4v) is 10.5. The van der Waals surface area contributed by atoms with Gasteiger partial charge in [-0.25, -0.2) is 0 Å². The van der Waals surface area contributed by atoms with E-state index in [9.17, 15) is 0 Å². The van der Waals surface area contributed by atoms with E-state index in [0.29, 0.717) is 17.2 Å². The number of anilines is 3. The predicted octanol–water partition coefficient (Wildman–Crippen LogP) is 15.4. The van der Waals surface area contributed by atoms with Gasteiger partial charge in [0.25, 0.3) is 0 Å². The number of ether oxygens (including phenoxy) is 2. The molecule has 0 amide bonds. The van der Waals surface area contributed by atoms with E-state index in [2.05, 4.69) is 217 Å². The fourth-order valence-electron chi connectivity index (χ4n) is 10.5. The third-order valence-electron chi connectivity index (χ3n) is 12.9. The number of hydrogen-bond donors (Lipinski definition) is 0. The van der Waals surface area contributed by atoms with Crippen molar-refractivity contribution < 1.29 is 9.47 Å². The molecule has 0 unspecified atom stereocenters. The summed E-state index contributed by atoms with van der Waals surface area (Å²) in [5.74, 6) is 2.83. The van der Waals surface area contributed by atoms with E-state index in [1.54, 1.807) is 0 Å². The maximum Gasteiger partial charge on any atom is 0.178 e. The second-order valence-electron chi connectivity index (χ2n) is 15.9. The van der Waals surface area contributed by atoms with Gasteiger partial charge in [0, 0.05) is 22.4 Å². The Labute approximate surface area is 348 Å². The average molecular weight is 766 g/mol. The maximum absolute atomic E-state index is 7.22. The predicted molar refractivity (Wildman–Crippen MR) is 244 cm³/mol. The molecule has 10 aromatic carbocycles. The van der Waals surface area contributed by atoms with Gasteiger partial charge in [-0.3, -0.25) is 0 Å². The Morgan fingerprint density at radius 1 is 0.350 bits per heavy atom. The number of hydrogen-bond acceptors (Lipinski definition) is 3.